The molecule has 8 nitrogen and oxygen atoms in total. The second kappa shape index (κ2) is 10.2. The summed E-state index contributed by atoms with van der Waals surface area (Å²) >= 11 is 0. The van der Waals surface area contributed by atoms with Gasteiger partial charge in [0.25, 0.3) is 0 Å². The predicted molar refractivity (Wildman–Crippen MR) is 87.7 cm³/mol. The Morgan fingerprint density at radius 3 is 1.24 bits per heavy atom. The Balaban J connectivity index is 0.000000443. The van der Waals surface area contributed by atoms with Crippen LogP contribution in [-0.2, 0) is 29.8 Å². The zero-order valence-electron chi connectivity index (χ0n) is 12.6. The van der Waals surface area contributed by atoms with Crippen molar-refractivity contribution in [3.63, 3.8) is 0 Å². The fraction of sp³-hybridized carbons (Fsp3) is 0.143. The van der Waals surface area contributed by atoms with Gasteiger partial charge in [0, 0.05) is 0 Å². The normalized spacial score (nSPS) is 21.5. The first-order valence-corrected chi connectivity index (χ1v) is 9.14. The molecule has 0 heterocycles. The van der Waals surface area contributed by atoms with Crippen LogP contribution in [0.15, 0.2) is 59.8 Å². The van der Waals surface area contributed by atoms with Crippen molar-refractivity contribution < 1.29 is 35.5 Å². The van der Waals surface area contributed by atoms with Crippen molar-refractivity contribution in [1.82, 2.24) is 0 Å². The van der Waals surface area contributed by atoms with Gasteiger partial charge in [0.1, 0.15) is 42.6 Å². The first kappa shape index (κ1) is 23.9. The molecule has 0 saturated carbocycles. The molecule has 128 valence electrons. The summed E-state index contributed by atoms with van der Waals surface area (Å²) < 4.78 is 63.1. The van der Waals surface area contributed by atoms with Gasteiger partial charge in [-0.3, -0.25) is 0 Å². The summed E-state index contributed by atoms with van der Waals surface area (Å²) in [5, 5.41) is -2.75. The van der Waals surface area contributed by atoms with E-state index in [0.717, 1.165) is 12.2 Å². The minimum atomic E-state index is -4.47. The Hall–Kier alpha value is -1.06. The van der Waals surface area contributed by atoms with Crippen molar-refractivity contribution in [2.24, 2.45) is 0 Å². The summed E-state index contributed by atoms with van der Waals surface area (Å²) in [4.78, 5) is 20.3. The topological polar surface area (TPSA) is 149 Å². The molecule has 0 N–H and O–H groups in total. The molecule has 0 aromatic heterocycles. The average Bonchev–Trinajstić information content (AvgIpc) is 2.53. The smallest absolute Gasteiger partial charge is 0.747 e. The molecule has 0 aromatic rings. The van der Waals surface area contributed by atoms with Crippen LogP contribution in [0, 0.1) is 0 Å². The quantitative estimate of drug-likeness (QED) is 0.326. The van der Waals surface area contributed by atoms with Gasteiger partial charge >= 0.3 is 37.7 Å². The molecule has 2 rings (SSSR count). The van der Waals surface area contributed by atoms with Crippen molar-refractivity contribution in [1.29, 1.82) is 0 Å². The summed E-state index contributed by atoms with van der Waals surface area (Å²) in [5.41, 5.74) is -0.292. The first-order chi connectivity index (χ1) is 11.1. The van der Waals surface area contributed by atoms with E-state index in [0.29, 0.717) is 0 Å². The summed E-state index contributed by atoms with van der Waals surface area (Å²) in [6, 6.07) is 0. The molecule has 2 unspecified atom stereocenters. The molecule has 0 bridgehead atoms. The van der Waals surface area contributed by atoms with Crippen LogP contribution in [0.3, 0.4) is 0 Å². The van der Waals surface area contributed by atoms with Crippen molar-refractivity contribution >= 4 is 69.9 Å². The van der Waals surface area contributed by atoms with E-state index in [1.807, 2.05) is 0 Å². The van der Waals surface area contributed by atoms with Crippen molar-refractivity contribution in [3.05, 3.63) is 59.8 Å². The van der Waals surface area contributed by atoms with Gasteiger partial charge in [-0.15, -0.1) is 0 Å². The second-order valence-electron chi connectivity index (χ2n) is 4.43. The molecule has 0 aromatic carbocycles. The molecule has 2 atom stereocenters. The number of hydrogen-bond donors (Lipinski definition) is 0. The Labute approximate surface area is 174 Å². The van der Waals surface area contributed by atoms with E-state index in [1.54, 1.807) is 0 Å². The number of rotatable bonds is 2. The molecule has 0 radical (unpaired) electrons. The minimum Gasteiger partial charge on any atom is -0.747 e. The average molecular weight is 410 g/mol. The van der Waals surface area contributed by atoms with Gasteiger partial charge in [0.15, 0.2) is 0 Å². The molecule has 2 aliphatic rings. The molecule has 11 heteroatoms. The van der Waals surface area contributed by atoms with E-state index >= 15 is 0 Å². The van der Waals surface area contributed by atoms with Gasteiger partial charge < -0.3 is 9.11 Å². The number of allylic oxidation sites excluding steroid dienone is 6. The molecular formula is C14H10CaO8S2. The van der Waals surface area contributed by atoms with Gasteiger partial charge in [-0.2, -0.15) is 0 Å². The Morgan fingerprint density at radius 2 is 1.04 bits per heavy atom. The molecule has 0 amide bonds. The van der Waals surface area contributed by atoms with Crippen LogP contribution in [0.5, 0.6) is 0 Å². The van der Waals surface area contributed by atoms with E-state index < -0.39 is 30.7 Å². The maximum absolute atomic E-state index is 10.5. The van der Waals surface area contributed by atoms with E-state index in [9.17, 15) is 35.5 Å². The third-order valence-electron chi connectivity index (χ3n) is 2.82. The van der Waals surface area contributed by atoms with Gasteiger partial charge in [0.05, 0.1) is 11.1 Å². The molecule has 25 heavy (non-hydrogen) atoms. The zero-order chi connectivity index (χ0) is 18.4. The third-order valence-corrected chi connectivity index (χ3v) is 4.88. The monoisotopic (exact) mass is 410 g/mol. The zero-order valence-corrected chi connectivity index (χ0v) is 16.4. The Kier molecular flexibility index (Phi) is 9.75. The summed E-state index contributed by atoms with van der Waals surface area (Å²) in [6.45, 7) is 0. The molecule has 0 fully saturated rings. The SMILES string of the molecule is O=C=C1C=CC=CC1S(=O)(=O)[O-].O=C=C1C=CC=CC1S(=O)(=O)[O-].[Ca+2]. The van der Waals surface area contributed by atoms with Gasteiger partial charge in [-0.05, 0) is 12.2 Å². The molecule has 0 aliphatic heterocycles. The molecular weight excluding hydrogens is 400 g/mol. The van der Waals surface area contributed by atoms with E-state index in [4.69, 9.17) is 0 Å². The molecule has 0 spiro atoms. The van der Waals surface area contributed by atoms with E-state index in [2.05, 4.69) is 0 Å². The largest absolute Gasteiger partial charge is 2.00 e. The van der Waals surface area contributed by atoms with Gasteiger partial charge in [-0.1, -0.05) is 36.5 Å². The van der Waals surface area contributed by atoms with Gasteiger partial charge in [-0.25, -0.2) is 26.4 Å². The summed E-state index contributed by atoms with van der Waals surface area (Å²) in [5.74, 6) is 2.82. The van der Waals surface area contributed by atoms with Crippen molar-refractivity contribution in [2.75, 3.05) is 0 Å². The maximum Gasteiger partial charge on any atom is 2.00 e. The Bertz CT molecular complexity index is 847. The predicted octanol–water partition coefficient (Wildman–Crippen LogP) is -0.812. The van der Waals surface area contributed by atoms with E-state index in [1.165, 1.54) is 48.3 Å². The second-order valence-corrected chi connectivity index (χ2v) is 7.42. The van der Waals surface area contributed by atoms with Crippen LogP contribution in [0.1, 0.15) is 0 Å². The van der Waals surface area contributed by atoms with Crippen LogP contribution < -0.4 is 0 Å². The number of hydrogen-bond acceptors (Lipinski definition) is 8. The maximum atomic E-state index is 10.5. The molecule has 0 saturated heterocycles. The fourth-order valence-corrected chi connectivity index (χ4v) is 3.17. The summed E-state index contributed by atoms with van der Waals surface area (Å²) in [7, 11) is -8.95. The minimum absolute atomic E-state index is 0. The Morgan fingerprint density at radius 1 is 0.720 bits per heavy atom. The van der Waals surface area contributed by atoms with Crippen LogP contribution in [-0.4, -0.2) is 86.1 Å². The van der Waals surface area contributed by atoms with Gasteiger partial charge in [0.2, 0.25) is 0 Å². The third kappa shape index (κ3) is 7.37. The number of carbonyl (C=O) groups excluding carboxylic acids is 2. The van der Waals surface area contributed by atoms with Crippen LogP contribution >= 0.6 is 0 Å². The standard InChI is InChI=1S/2C7H6O4S.Ca/c2*8-5-6-3-1-2-4-7(6)12(9,10)11;/h2*1-4,7H,(H,9,10,11);/q;;+2/p-2. The van der Waals surface area contributed by atoms with Crippen LogP contribution in [0.4, 0.5) is 0 Å². The first-order valence-electron chi connectivity index (χ1n) is 6.20. The van der Waals surface area contributed by atoms with Crippen molar-refractivity contribution in [2.45, 2.75) is 10.5 Å². The van der Waals surface area contributed by atoms with E-state index in [-0.39, 0.29) is 48.9 Å². The van der Waals surface area contributed by atoms with Crippen LogP contribution in [0.25, 0.3) is 0 Å². The summed E-state index contributed by atoms with van der Waals surface area (Å²) in [6.07, 6.45) is 10.6. The van der Waals surface area contributed by atoms with Crippen LogP contribution in [0.2, 0.25) is 0 Å². The van der Waals surface area contributed by atoms with Crippen molar-refractivity contribution in [3.8, 4) is 0 Å². The fourth-order valence-electron chi connectivity index (χ4n) is 1.73. The molecule has 2 aliphatic carbocycles.